The summed E-state index contributed by atoms with van der Waals surface area (Å²) in [6.07, 6.45) is 1.48. The van der Waals surface area contributed by atoms with Crippen molar-refractivity contribution in [2.24, 2.45) is 11.8 Å². The van der Waals surface area contributed by atoms with Crippen LogP contribution in [0.4, 0.5) is 10.2 Å². The molecule has 2 saturated heterocycles. The van der Waals surface area contributed by atoms with Crippen LogP contribution >= 0.6 is 11.6 Å². The Labute approximate surface area is 148 Å². The lowest BCUT2D eigenvalue weighted by atomic mass is 9.96. The molecule has 2 atom stereocenters. The van der Waals surface area contributed by atoms with E-state index in [1.165, 1.54) is 12.3 Å². The van der Waals surface area contributed by atoms with E-state index < -0.39 is 5.82 Å². The third kappa shape index (κ3) is 3.99. The van der Waals surface area contributed by atoms with Gasteiger partial charge in [-0.05, 0) is 18.5 Å². The maximum absolute atomic E-state index is 14.1. The molecule has 24 heavy (non-hydrogen) atoms. The van der Waals surface area contributed by atoms with E-state index in [1.54, 1.807) is 0 Å². The van der Waals surface area contributed by atoms with Gasteiger partial charge in [-0.1, -0.05) is 18.5 Å². The number of anilines is 1. The molecule has 3 rings (SSSR count). The molecule has 3 heterocycles. The summed E-state index contributed by atoms with van der Waals surface area (Å²) >= 11 is 5.79. The van der Waals surface area contributed by atoms with E-state index in [0.29, 0.717) is 23.3 Å². The second-order valence-electron chi connectivity index (χ2n) is 6.80. The number of hydrogen-bond acceptors (Lipinski definition) is 5. The van der Waals surface area contributed by atoms with E-state index in [1.807, 2.05) is 4.90 Å². The Morgan fingerprint density at radius 1 is 1.21 bits per heavy atom. The quantitative estimate of drug-likeness (QED) is 0.867. The average Bonchev–Trinajstić information content (AvgIpc) is 2.98. The summed E-state index contributed by atoms with van der Waals surface area (Å²) in [6.45, 7) is 10.1. The summed E-state index contributed by atoms with van der Waals surface area (Å²) in [5.74, 6) is 0.443. The summed E-state index contributed by atoms with van der Waals surface area (Å²) < 4.78 is 14.1. The highest BCUT2D eigenvalue weighted by molar-refractivity contribution is 6.30. The van der Waals surface area contributed by atoms with Crippen molar-refractivity contribution in [2.45, 2.75) is 6.92 Å². The summed E-state index contributed by atoms with van der Waals surface area (Å²) in [5.41, 5.74) is 0. The van der Waals surface area contributed by atoms with E-state index in [4.69, 9.17) is 11.6 Å². The van der Waals surface area contributed by atoms with Gasteiger partial charge in [0.1, 0.15) is 0 Å². The number of aliphatic hydroxyl groups is 1. The fraction of sp³-hybridized carbons (Fsp3) is 0.706. The van der Waals surface area contributed by atoms with Gasteiger partial charge in [-0.25, -0.2) is 9.37 Å². The highest BCUT2D eigenvalue weighted by Gasteiger charge is 2.35. The van der Waals surface area contributed by atoms with Crippen LogP contribution in [0, 0.1) is 17.7 Å². The van der Waals surface area contributed by atoms with Crippen molar-refractivity contribution in [3.05, 3.63) is 23.1 Å². The first-order valence-electron chi connectivity index (χ1n) is 8.72. The van der Waals surface area contributed by atoms with Crippen molar-refractivity contribution in [1.29, 1.82) is 0 Å². The van der Waals surface area contributed by atoms with Gasteiger partial charge in [0.05, 0.1) is 5.02 Å². The molecule has 0 aliphatic carbocycles. The summed E-state index contributed by atoms with van der Waals surface area (Å²) in [5, 5.41) is 10.0. The fourth-order valence-corrected chi connectivity index (χ4v) is 3.93. The highest BCUT2D eigenvalue weighted by atomic mass is 35.5. The van der Waals surface area contributed by atoms with Gasteiger partial charge in [0.2, 0.25) is 0 Å². The molecular weight excluding hydrogens is 331 g/mol. The Morgan fingerprint density at radius 2 is 1.88 bits per heavy atom. The van der Waals surface area contributed by atoms with E-state index in [0.717, 1.165) is 45.8 Å². The fourth-order valence-electron chi connectivity index (χ4n) is 3.79. The van der Waals surface area contributed by atoms with E-state index in [9.17, 15) is 9.50 Å². The molecule has 5 nitrogen and oxygen atoms in total. The van der Waals surface area contributed by atoms with Crippen molar-refractivity contribution in [3.8, 4) is 0 Å². The number of hydrogen-bond donors (Lipinski definition) is 1. The van der Waals surface area contributed by atoms with Crippen LogP contribution in [-0.2, 0) is 0 Å². The summed E-state index contributed by atoms with van der Waals surface area (Å²) in [6, 6.07) is 1.30. The number of rotatable bonds is 5. The van der Waals surface area contributed by atoms with Crippen LogP contribution in [0.5, 0.6) is 0 Å². The maximum atomic E-state index is 14.1. The molecule has 1 aromatic heterocycles. The summed E-state index contributed by atoms with van der Waals surface area (Å²) in [4.78, 5) is 11.0. The van der Waals surface area contributed by atoms with Crippen LogP contribution in [0.15, 0.2) is 12.3 Å². The van der Waals surface area contributed by atoms with Gasteiger partial charge < -0.3 is 19.8 Å². The molecule has 0 spiro atoms. The molecule has 1 aromatic rings. The van der Waals surface area contributed by atoms with Gasteiger partial charge in [0.15, 0.2) is 11.6 Å². The molecule has 0 aromatic carbocycles. The zero-order valence-electron chi connectivity index (χ0n) is 14.2. The highest BCUT2D eigenvalue weighted by Crippen LogP contribution is 2.30. The number of pyridine rings is 1. The zero-order chi connectivity index (χ0) is 17.1. The summed E-state index contributed by atoms with van der Waals surface area (Å²) in [7, 11) is 0. The topological polar surface area (TPSA) is 42.8 Å². The van der Waals surface area contributed by atoms with Gasteiger partial charge in [-0.3, -0.25) is 0 Å². The first-order valence-corrected chi connectivity index (χ1v) is 9.10. The minimum Gasteiger partial charge on any atom is -0.396 e. The Hall–Kier alpha value is -0.950. The maximum Gasteiger partial charge on any atom is 0.167 e. The van der Waals surface area contributed by atoms with E-state index >= 15 is 0 Å². The molecular formula is C17H26ClFN4O. The van der Waals surface area contributed by atoms with Crippen LogP contribution in [0.2, 0.25) is 5.02 Å². The van der Waals surface area contributed by atoms with Gasteiger partial charge in [0.25, 0.3) is 0 Å². The van der Waals surface area contributed by atoms with Crippen LogP contribution in [-0.4, -0.2) is 78.9 Å². The van der Waals surface area contributed by atoms with Crippen LogP contribution in [0.3, 0.4) is 0 Å². The monoisotopic (exact) mass is 356 g/mol. The van der Waals surface area contributed by atoms with Gasteiger partial charge in [0, 0.05) is 64.5 Å². The second kappa shape index (κ2) is 7.95. The molecule has 0 saturated carbocycles. The smallest absolute Gasteiger partial charge is 0.167 e. The van der Waals surface area contributed by atoms with E-state index in [2.05, 4.69) is 21.7 Å². The lowest BCUT2D eigenvalue weighted by Crippen LogP contribution is -2.48. The first-order chi connectivity index (χ1) is 11.6. The van der Waals surface area contributed by atoms with Gasteiger partial charge in [-0.15, -0.1) is 0 Å². The Balaban J connectivity index is 1.62. The molecule has 7 heteroatoms. The predicted octanol–water partition coefficient (Wildman–Crippen LogP) is 1.56. The van der Waals surface area contributed by atoms with Gasteiger partial charge >= 0.3 is 0 Å². The van der Waals surface area contributed by atoms with Crippen molar-refractivity contribution in [1.82, 2.24) is 14.8 Å². The largest absolute Gasteiger partial charge is 0.396 e. The molecule has 1 N–H and O–H groups in total. The lowest BCUT2D eigenvalue weighted by molar-refractivity contribution is 0.106. The normalized spacial score (nSPS) is 26.2. The molecule has 0 unspecified atom stereocenters. The third-order valence-electron chi connectivity index (χ3n) is 5.30. The van der Waals surface area contributed by atoms with E-state index in [-0.39, 0.29) is 12.5 Å². The first kappa shape index (κ1) is 17.9. The molecule has 2 aliphatic rings. The lowest BCUT2D eigenvalue weighted by Gasteiger charge is -2.36. The molecule has 0 radical (unpaired) electrons. The number of aromatic nitrogens is 1. The van der Waals surface area contributed by atoms with Crippen molar-refractivity contribution in [3.63, 3.8) is 0 Å². The SMILES string of the molecule is CCN1CCN(C[C@@H]2CN(c3ncc(Cl)cc3F)C[C@@H]2CO)CC1. The van der Waals surface area contributed by atoms with Crippen molar-refractivity contribution in [2.75, 3.05) is 63.9 Å². The van der Waals surface area contributed by atoms with Crippen molar-refractivity contribution < 1.29 is 9.50 Å². The standard InChI is InChI=1S/C17H26ClFN4O/c1-2-21-3-5-22(6-4-21)9-13-10-23(11-14(13)12-24)17-16(19)7-15(18)8-20-17/h7-8,13-14,24H,2-6,9-12H2,1H3/t13-,14-/m1/s1. The number of piperazine rings is 1. The second-order valence-corrected chi connectivity index (χ2v) is 7.24. The van der Waals surface area contributed by atoms with Crippen molar-refractivity contribution >= 4 is 17.4 Å². The average molecular weight is 357 g/mol. The number of halogens is 2. The predicted molar refractivity (Wildman–Crippen MR) is 94.0 cm³/mol. The van der Waals surface area contributed by atoms with Gasteiger partial charge in [-0.2, -0.15) is 0 Å². The Kier molecular flexibility index (Phi) is 5.92. The minimum atomic E-state index is -0.392. The molecule has 0 amide bonds. The molecule has 134 valence electrons. The molecule has 0 bridgehead atoms. The zero-order valence-corrected chi connectivity index (χ0v) is 14.9. The van der Waals surface area contributed by atoms with Crippen LogP contribution in [0.25, 0.3) is 0 Å². The Morgan fingerprint density at radius 3 is 2.50 bits per heavy atom. The number of nitrogens with zero attached hydrogens (tertiary/aromatic N) is 4. The van der Waals surface area contributed by atoms with Crippen LogP contribution < -0.4 is 4.90 Å². The van der Waals surface area contributed by atoms with Crippen LogP contribution in [0.1, 0.15) is 6.92 Å². The minimum absolute atomic E-state index is 0.130. The third-order valence-corrected chi connectivity index (χ3v) is 5.51. The molecule has 2 fully saturated rings. The number of likely N-dealkylation sites (N-methyl/N-ethyl adjacent to an activating group) is 1. The number of aliphatic hydroxyl groups excluding tert-OH is 1. The molecule has 2 aliphatic heterocycles. The Bertz CT molecular complexity index is 553.